The standard InChI is InChI=1S/C19H19N3O5/c1-10-20-14-6-5-12(9-13(14)18(23)21-10)22-17(19(24)25)11-4-7-15(26-2)16(8-11)27-3/h4-9,17,22H,1-3H3,(H,24,25)(H,20,21,23). The van der Waals surface area contributed by atoms with Gasteiger partial charge in [-0.15, -0.1) is 0 Å². The Balaban J connectivity index is 1.99. The van der Waals surface area contributed by atoms with Gasteiger partial charge in [0.2, 0.25) is 0 Å². The lowest BCUT2D eigenvalue weighted by molar-refractivity contribution is -0.138. The van der Waals surface area contributed by atoms with Crippen molar-refractivity contribution in [1.82, 2.24) is 9.97 Å². The molecule has 0 radical (unpaired) electrons. The number of hydrogen-bond acceptors (Lipinski definition) is 6. The van der Waals surface area contributed by atoms with E-state index in [1.807, 2.05) is 0 Å². The Morgan fingerprint density at radius 2 is 1.89 bits per heavy atom. The summed E-state index contributed by atoms with van der Waals surface area (Å²) in [4.78, 5) is 30.8. The van der Waals surface area contributed by atoms with Crippen molar-refractivity contribution in [2.45, 2.75) is 13.0 Å². The van der Waals surface area contributed by atoms with Crippen LogP contribution in [-0.4, -0.2) is 35.3 Å². The zero-order chi connectivity index (χ0) is 19.6. The lowest BCUT2D eigenvalue weighted by Crippen LogP contribution is -2.21. The van der Waals surface area contributed by atoms with E-state index in [-0.39, 0.29) is 5.56 Å². The minimum Gasteiger partial charge on any atom is -0.493 e. The number of methoxy groups -OCH3 is 2. The Bertz CT molecular complexity index is 1060. The molecule has 140 valence electrons. The molecule has 3 rings (SSSR count). The highest BCUT2D eigenvalue weighted by Crippen LogP contribution is 2.31. The molecule has 3 N–H and O–H groups in total. The molecule has 0 saturated heterocycles. The van der Waals surface area contributed by atoms with Crippen molar-refractivity contribution < 1.29 is 19.4 Å². The summed E-state index contributed by atoms with van der Waals surface area (Å²) in [5, 5.41) is 13.0. The second kappa shape index (κ2) is 7.36. The molecule has 1 heterocycles. The number of carboxylic acid groups (broad SMARTS) is 1. The van der Waals surface area contributed by atoms with Crippen molar-refractivity contribution in [1.29, 1.82) is 0 Å². The molecule has 1 atom stereocenters. The van der Waals surface area contributed by atoms with E-state index in [0.717, 1.165) is 0 Å². The number of aromatic nitrogens is 2. The van der Waals surface area contributed by atoms with E-state index in [1.54, 1.807) is 43.3 Å². The van der Waals surface area contributed by atoms with Gasteiger partial charge in [-0.05, 0) is 42.8 Å². The fourth-order valence-electron chi connectivity index (χ4n) is 2.83. The van der Waals surface area contributed by atoms with Crippen LogP contribution in [0.2, 0.25) is 0 Å². The highest BCUT2D eigenvalue weighted by molar-refractivity contribution is 5.84. The predicted octanol–water partition coefficient (Wildman–Crippen LogP) is 2.49. The number of nitrogens with zero attached hydrogens (tertiary/aromatic N) is 1. The van der Waals surface area contributed by atoms with E-state index in [1.165, 1.54) is 14.2 Å². The van der Waals surface area contributed by atoms with Crippen LogP contribution in [0.4, 0.5) is 5.69 Å². The van der Waals surface area contributed by atoms with E-state index < -0.39 is 12.0 Å². The molecule has 0 amide bonds. The van der Waals surface area contributed by atoms with Gasteiger partial charge in [0.25, 0.3) is 5.56 Å². The number of ether oxygens (including phenoxy) is 2. The van der Waals surface area contributed by atoms with Crippen LogP contribution in [0, 0.1) is 6.92 Å². The normalized spacial score (nSPS) is 11.8. The molecule has 0 aliphatic carbocycles. The molecule has 0 aliphatic heterocycles. The average Bonchev–Trinajstić information content (AvgIpc) is 2.65. The summed E-state index contributed by atoms with van der Waals surface area (Å²) in [5.41, 5.74) is 1.23. The van der Waals surface area contributed by atoms with E-state index >= 15 is 0 Å². The molecule has 0 aliphatic rings. The van der Waals surface area contributed by atoms with Crippen molar-refractivity contribution in [3.63, 3.8) is 0 Å². The Morgan fingerprint density at radius 3 is 2.56 bits per heavy atom. The van der Waals surface area contributed by atoms with Gasteiger partial charge in [0.1, 0.15) is 5.82 Å². The molecule has 0 bridgehead atoms. The van der Waals surface area contributed by atoms with Gasteiger partial charge < -0.3 is 24.9 Å². The number of nitrogens with one attached hydrogen (secondary N) is 2. The Hall–Kier alpha value is -3.55. The number of carboxylic acids is 1. The highest BCUT2D eigenvalue weighted by atomic mass is 16.5. The summed E-state index contributed by atoms with van der Waals surface area (Å²) in [6.07, 6.45) is 0. The first-order chi connectivity index (χ1) is 12.9. The van der Waals surface area contributed by atoms with Crippen molar-refractivity contribution in [2.75, 3.05) is 19.5 Å². The molecular formula is C19H19N3O5. The summed E-state index contributed by atoms with van der Waals surface area (Å²) in [6, 6.07) is 8.79. The fraction of sp³-hybridized carbons (Fsp3) is 0.211. The van der Waals surface area contributed by atoms with Crippen LogP contribution < -0.4 is 20.3 Å². The molecule has 2 aromatic carbocycles. The number of benzene rings is 2. The van der Waals surface area contributed by atoms with Gasteiger partial charge in [-0.1, -0.05) is 6.07 Å². The number of aliphatic carboxylic acids is 1. The van der Waals surface area contributed by atoms with Crippen molar-refractivity contribution in [2.24, 2.45) is 0 Å². The third-order valence-electron chi connectivity index (χ3n) is 4.12. The number of rotatable bonds is 6. The largest absolute Gasteiger partial charge is 0.493 e. The summed E-state index contributed by atoms with van der Waals surface area (Å²) in [5.74, 6) is 0.377. The van der Waals surface area contributed by atoms with Crippen molar-refractivity contribution in [3.8, 4) is 11.5 Å². The Labute approximate surface area is 154 Å². The molecule has 3 aromatic rings. The second-order valence-corrected chi connectivity index (χ2v) is 5.91. The van der Waals surface area contributed by atoms with Gasteiger partial charge in [-0.3, -0.25) is 4.79 Å². The first-order valence-corrected chi connectivity index (χ1v) is 8.15. The molecule has 0 spiro atoms. The van der Waals surface area contributed by atoms with E-state index in [4.69, 9.17) is 9.47 Å². The van der Waals surface area contributed by atoms with Gasteiger partial charge >= 0.3 is 5.97 Å². The van der Waals surface area contributed by atoms with E-state index in [2.05, 4.69) is 15.3 Å². The number of fused-ring (bicyclic) bond motifs is 1. The van der Waals surface area contributed by atoms with Gasteiger partial charge in [0.05, 0.1) is 25.1 Å². The maximum atomic E-state index is 12.1. The molecule has 0 fully saturated rings. The van der Waals surface area contributed by atoms with Crippen LogP contribution in [0.5, 0.6) is 11.5 Å². The summed E-state index contributed by atoms with van der Waals surface area (Å²) < 4.78 is 10.4. The zero-order valence-electron chi connectivity index (χ0n) is 15.1. The predicted molar refractivity (Wildman–Crippen MR) is 101 cm³/mol. The van der Waals surface area contributed by atoms with Crippen LogP contribution in [0.25, 0.3) is 10.9 Å². The number of aromatic amines is 1. The molecule has 1 aromatic heterocycles. The Morgan fingerprint density at radius 1 is 1.15 bits per heavy atom. The quantitative estimate of drug-likeness (QED) is 0.612. The summed E-state index contributed by atoms with van der Waals surface area (Å²) in [6.45, 7) is 1.70. The third kappa shape index (κ3) is 3.69. The molecule has 1 unspecified atom stereocenters. The number of anilines is 1. The lowest BCUT2D eigenvalue weighted by atomic mass is 10.1. The number of aryl methyl sites for hydroxylation is 1. The zero-order valence-corrected chi connectivity index (χ0v) is 15.1. The smallest absolute Gasteiger partial charge is 0.330 e. The summed E-state index contributed by atoms with van der Waals surface area (Å²) in [7, 11) is 2.99. The van der Waals surface area contributed by atoms with Gasteiger partial charge in [-0.25, -0.2) is 9.78 Å². The second-order valence-electron chi connectivity index (χ2n) is 5.91. The molecule has 8 heteroatoms. The van der Waals surface area contributed by atoms with Crippen molar-refractivity contribution in [3.05, 3.63) is 58.1 Å². The molecular weight excluding hydrogens is 350 g/mol. The number of H-pyrrole nitrogens is 1. The highest BCUT2D eigenvalue weighted by Gasteiger charge is 2.21. The topological polar surface area (TPSA) is 114 Å². The van der Waals surface area contributed by atoms with E-state index in [9.17, 15) is 14.7 Å². The SMILES string of the molecule is COc1ccc(C(Nc2ccc3nc(C)[nH]c(=O)c3c2)C(=O)O)cc1OC. The minimum absolute atomic E-state index is 0.279. The summed E-state index contributed by atoms with van der Waals surface area (Å²) >= 11 is 0. The third-order valence-corrected chi connectivity index (χ3v) is 4.12. The van der Waals surface area contributed by atoms with E-state index in [0.29, 0.717) is 39.5 Å². The number of hydrogen-bond donors (Lipinski definition) is 3. The molecule has 8 nitrogen and oxygen atoms in total. The van der Waals surface area contributed by atoms with Crippen LogP contribution in [0.3, 0.4) is 0 Å². The van der Waals surface area contributed by atoms with Gasteiger partial charge in [0.15, 0.2) is 17.5 Å². The molecule has 27 heavy (non-hydrogen) atoms. The fourth-order valence-corrected chi connectivity index (χ4v) is 2.83. The van der Waals surface area contributed by atoms with Crippen molar-refractivity contribution >= 4 is 22.6 Å². The lowest BCUT2D eigenvalue weighted by Gasteiger charge is -2.18. The van der Waals surface area contributed by atoms with Gasteiger partial charge in [-0.2, -0.15) is 0 Å². The first-order valence-electron chi connectivity index (χ1n) is 8.15. The first kappa shape index (κ1) is 18.2. The molecule has 0 saturated carbocycles. The number of carbonyl (C=O) groups is 1. The monoisotopic (exact) mass is 369 g/mol. The van der Waals surface area contributed by atoms with Crippen LogP contribution in [0.15, 0.2) is 41.2 Å². The minimum atomic E-state index is -1.07. The maximum Gasteiger partial charge on any atom is 0.330 e. The Kier molecular flexibility index (Phi) is 4.98. The van der Waals surface area contributed by atoms with Crippen LogP contribution >= 0.6 is 0 Å². The van der Waals surface area contributed by atoms with Gasteiger partial charge in [0, 0.05) is 5.69 Å². The maximum absolute atomic E-state index is 12.1. The van der Waals surface area contributed by atoms with Crippen LogP contribution in [-0.2, 0) is 4.79 Å². The van der Waals surface area contributed by atoms with Crippen LogP contribution in [0.1, 0.15) is 17.4 Å². The average molecular weight is 369 g/mol.